The Balaban J connectivity index is 1.69. The van der Waals surface area contributed by atoms with Crippen LogP contribution in [0.4, 0.5) is 0 Å². The lowest BCUT2D eigenvalue weighted by Gasteiger charge is -2.15. The fraction of sp³-hybridized carbons (Fsp3) is 0.143. The number of aliphatic carboxylic acids is 1. The summed E-state index contributed by atoms with van der Waals surface area (Å²) in [5.41, 5.74) is 1.91. The van der Waals surface area contributed by atoms with Crippen molar-refractivity contribution in [2.45, 2.75) is 12.5 Å². The molecule has 1 unspecified atom stereocenters. The number of rotatable bonds is 6. The number of thioether (sulfide) groups is 1. The van der Waals surface area contributed by atoms with E-state index in [-0.39, 0.29) is 12.3 Å². The number of hydrogen-bond acceptors (Lipinski definition) is 5. The second-order valence-electron chi connectivity index (χ2n) is 6.42. The van der Waals surface area contributed by atoms with Gasteiger partial charge in [-0.3, -0.25) is 14.5 Å². The Morgan fingerprint density at radius 2 is 1.83 bits per heavy atom. The highest BCUT2D eigenvalue weighted by Crippen LogP contribution is 2.31. The fourth-order valence-electron chi connectivity index (χ4n) is 2.72. The largest absolute Gasteiger partial charge is 0.480 e. The van der Waals surface area contributed by atoms with Gasteiger partial charge in [-0.25, -0.2) is 4.79 Å². The van der Waals surface area contributed by atoms with Crippen LogP contribution in [0.25, 0.3) is 6.08 Å². The molecule has 0 spiro atoms. The van der Waals surface area contributed by atoms with Crippen LogP contribution < -0.4 is 5.32 Å². The van der Waals surface area contributed by atoms with Crippen molar-refractivity contribution in [3.63, 3.8) is 0 Å². The Kier molecular flexibility index (Phi) is 6.46. The molecule has 0 aromatic heterocycles. The van der Waals surface area contributed by atoms with E-state index in [1.165, 1.54) is 16.7 Å². The number of carbonyl (C=O) groups is 3. The van der Waals surface area contributed by atoms with Crippen LogP contribution in [0.15, 0.2) is 59.5 Å². The van der Waals surface area contributed by atoms with Crippen LogP contribution in [-0.2, 0) is 16.0 Å². The van der Waals surface area contributed by atoms with Gasteiger partial charge < -0.3 is 10.4 Å². The Bertz CT molecular complexity index is 988. The highest BCUT2D eigenvalue weighted by molar-refractivity contribution is 8.26. The third kappa shape index (κ3) is 5.10. The summed E-state index contributed by atoms with van der Waals surface area (Å²) in [6, 6.07) is 14.7. The molecule has 1 aliphatic heterocycles. The van der Waals surface area contributed by atoms with E-state index in [0.717, 1.165) is 11.1 Å². The summed E-state index contributed by atoms with van der Waals surface area (Å²) in [6.45, 7) is 0. The quantitative estimate of drug-likeness (QED) is 0.546. The third-order valence-electron chi connectivity index (χ3n) is 4.34. The molecular weight excluding hydrogens is 408 g/mol. The highest BCUT2D eigenvalue weighted by Gasteiger charge is 2.28. The highest BCUT2D eigenvalue weighted by atomic mass is 32.2. The maximum absolute atomic E-state index is 12.5. The Morgan fingerprint density at radius 3 is 2.38 bits per heavy atom. The molecule has 1 heterocycles. The minimum absolute atomic E-state index is 0.160. The van der Waals surface area contributed by atoms with Crippen molar-refractivity contribution in [3.05, 3.63) is 76.2 Å². The number of thiocarbonyl (C=S) groups is 1. The van der Waals surface area contributed by atoms with E-state index in [1.807, 2.05) is 30.3 Å². The summed E-state index contributed by atoms with van der Waals surface area (Å²) < 4.78 is 0.496. The van der Waals surface area contributed by atoms with Gasteiger partial charge in [-0.1, -0.05) is 66.4 Å². The van der Waals surface area contributed by atoms with Crippen LogP contribution >= 0.6 is 24.0 Å². The maximum Gasteiger partial charge on any atom is 0.326 e. The van der Waals surface area contributed by atoms with Crippen molar-refractivity contribution in [1.82, 2.24) is 10.2 Å². The predicted molar refractivity (Wildman–Crippen MR) is 116 cm³/mol. The molecule has 1 aliphatic rings. The second kappa shape index (κ2) is 9.02. The molecule has 1 atom stereocenters. The Hall–Kier alpha value is -2.97. The van der Waals surface area contributed by atoms with E-state index in [1.54, 1.807) is 37.4 Å². The molecule has 0 aliphatic carbocycles. The van der Waals surface area contributed by atoms with Crippen LogP contribution in [0, 0.1) is 0 Å². The van der Waals surface area contributed by atoms with Crippen molar-refractivity contribution in [2.75, 3.05) is 7.05 Å². The zero-order chi connectivity index (χ0) is 21.0. The minimum Gasteiger partial charge on any atom is -0.480 e. The van der Waals surface area contributed by atoms with E-state index in [9.17, 15) is 19.5 Å². The van der Waals surface area contributed by atoms with Crippen molar-refractivity contribution in [1.29, 1.82) is 0 Å². The van der Waals surface area contributed by atoms with Crippen molar-refractivity contribution < 1.29 is 19.5 Å². The number of nitrogens with one attached hydrogen (secondary N) is 1. The third-order valence-corrected chi connectivity index (χ3v) is 5.83. The van der Waals surface area contributed by atoms with Gasteiger partial charge >= 0.3 is 5.97 Å². The van der Waals surface area contributed by atoms with Crippen LogP contribution in [0.2, 0.25) is 0 Å². The molecule has 148 valence electrons. The first-order valence-electron chi connectivity index (χ1n) is 8.74. The monoisotopic (exact) mass is 426 g/mol. The summed E-state index contributed by atoms with van der Waals surface area (Å²) in [5, 5.41) is 12.0. The molecule has 2 aromatic rings. The average Bonchev–Trinajstić information content (AvgIpc) is 2.95. The molecule has 8 heteroatoms. The van der Waals surface area contributed by atoms with Crippen LogP contribution in [-0.4, -0.2) is 45.2 Å². The first kappa shape index (κ1) is 20.8. The van der Waals surface area contributed by atoms with Crippen LogP contribution in [0.3, 0.4) is 0 Å². The normalized spacial score (nSPS) is 16.2. The van der Waals surface area contributed by atoms with Crippen molar-refractivity contribution in [2.24, 2.45) is 0 Å². The van der Waals surface area contributed by atoms with Gasteiger partial charge in [-0.15, -0.1) is 0 Å². The van der Waals surface area contributed by atoms with Gasteiger partial charge in [0, 0.05) is 19.0 Å². The molecule has 0 bridgehead atoms. The Morgan fingerprint density at radius 1 is 1.17 bits per heavy atom. The number of carbonyl (C=O) groups excluding carboxylic acids is 2. The summed E-state index contributed by atoms with van der Waals surface area (Å²) in [5.74, 6) is -1.73. The lowest BCUT2D eigenvalue weighted by Crippen LogP contribution is -2.42. The number of amides is 2. The van der Waals surface area contributed by atoms with Crippen molar-refractivity contribution in [3.8, 4) is 0 Å². The first-order chi connectivity index (χ1) is 13.8. The fourth-order valence-corrected chi connectivity index (χ4v) is 3.90. The number of hydrogen-bond donors (Lipinski definition) is 2. The summed E-state index contributed by atoms with van der Waals surface area (Å²) >= 11 is 6.33. The smallest absolute Gasteiger partial charge is 0.326 e. The van der Waals surface area contributed by atoms with Crippen LogP contribution in [0.5, 0.6) is 0 Å². The zero-order valence-electron chi connectivity index (χ0n) is 15.5. The number of likely N-dealkylation sites (N-methyl/N-ethyl adjacent to an activating group) is 1. The number of nitrogens with zero attached hydrogens (tertiary/aromatic N) is 1. The van der Waals surface area contributed by atoms with E-state index < -0.39 is 17.9 Å². The Labute approximate surface area is 177 Å². The first-order valence-corrected chi connectivity index (χ1v) is 9.97. The van der Waals surface area contributed by atoms with E-state index in [2.05, 4.69) is 5.32 Å². The van der Waals surface area contributed by atoms with E-state index in [4.69, 9.17) is 12.2 Å². The number of carboxylic acids is 1. The van der Waals surface area contributed by atoms with Gasteiger partial charge in [0.2, 0.25) is 0 Å². The van der Waals surface area contributed by atoms with Gasteiger partial charge in [-0.2, -0.15) is 0 Å². The predicted octanol–water partition coefficient (Wildman–Crippen LogP) is 2.94. The van der Waals surface area contributed by atoms with Gasteiger partial charge in [0.1, 0.15) is 10.4 Å². The van der Waals surface area contributed by atoms with E-state index >= 15 is 0 Å². The maximum atomic E-state index is 12.5. The summed E-state index contributed by atoms with van der Waals surface area (Å²) in [6.07, 6.45) is 1.90. The lowest BCUT2D eigenvalue weighted by molar-refractivity contribution is -0.139. The van der Waals surface area contributed by atoms with Crippen LogP contribution in [0.1, 0.15) is 21.5 Å². The topological polar surface area (TPSA) is 86.7 Å². The van der Waals surface area contributed by atoms with Gasteiger partial charge in [0.25, 0.3) is 11.8 Å². The summed E-state index contributed by atoms with van der Waals surface area (Å²) in [4.78, 5) is 38.0. The molecule has 2 N–H and O–H groups in total. The molecule has 0 saturated carbocycles. The van der Waals surface area contributed by atoms with Gasteiger partial charge in [0.05, 0.1) is 4.91 Å². The molecule has 1 saturated heterocycles. The molecule has 3 rings (SSSR count). The molecule has 1 fully saturated rings. The molecule has 2 aromatic carbocycles. The molecule has 0 radical (unpaired) electrons. The lowest BCUT2D eigenvalue weighted by atomic mass is 10.1. The summed E-state index contributed by atoms with van der Waals surface area (Å²) in [7, 11) is 1.63. The molecule has 6 nitrogen and oxygen atoms in total. The SMILES string of the molecule is CN1C(=O)C(=Cc2ccc(C(=O)NC(Cc3ccccc3)C(=O)O)cc2)SC1=S. The molecule has 29 heavy (non-hydrogen) atoms. The number of carboxylic acid groups (broad SMARTS) is 1. The zero-order valence-corrected chi connectivity index (χ0v) is 17.1. The minimum atomic E-state index is -1.10. The van der Waals surface area contributed by atoms with E-state index in [0.29, 0.717) is 14.8 Å². The standard InChI is InChI=1S/C21H18N2O4S2/c1-23-19(25)17(29-21(23)28)12-14-7-9-15(10-8-14)18(24)22-16(20(26)27)11-13-5-3-2-4-6-13/h2-10,12,16H,11H2,1H3,(H,22,24)(H,26,27). The molecular formula is C21H18N2O4S2. The molecule has 2 amide bonds. The average molecular weight is 427 g/mol. The second-order valence-corrected chi connectivity index (χ2v) is 8.09. The van der Waals surface area contributed by atoms with Gasteiger partial charge in [-0.05, 0) is 29.3 Å². The van der Waals surface area contributed by atoms with Gasteiger partial charge in [0.15, 0.2) is 0 Å². The van der Waals surface area contributed by atoms with Crippen molar-refractivity contribution >= 4 is 52.2 Å². The number of benzene rings is 2.